The van der Waals surface area contributed by atoms with Gasteiger partial charge in [0.25, 0.3) is 0 Å². The molecule has 0 N–H and O–H groups in total. The summed E-state index contributed by atoms with van der Waals surface area (Å²) in [7, 11) is 0. The van der Waals surface area contributed by atoms with Crippen LogP contribution in [0.2, 0.25) is 0 Å². The molecule has 2 heteroatoms. The molecule has 0 unspecified atom stereocenters. The normalized spacial score (nSPS) is 27.5. The van der Waals surface area contributed by atoms with Gasteiger partial charge in [-0.15, -0.1) is 0 Å². The average molecular weight is 163 g/mol. The summed E-state index contributed by atoms with van der Waals surface area (Å²) in [6.07, 6.45) is 1.78. The van der Waals surface area contributed by atoms with Crippen LogP contribution in [0, 0.1) is 5.92 Å². The van der Waals surface area contributed by atoms with E-state index >= 15 is 0 Å². The predicted molar refractivity (Wildman–Crippen MR) is 47.3 cm³/mol. The van der Waals surface area contributed by atoms with Crippen LogP contribution in [-0.2, 0) is 0 Å². The van der Waals surface area contributed by atoms with E-state index in [1.807, 2.05) is 6.07 Å². The summed E-state index contributed by atoms with van der Waals surface area (Å²) >= 11 is 0. The van der Waals surface area contributed by atoms with E-state index in [1.54, 1.807) is 6.20 Å². The summed E-state index contributed by atoms with van der Waals surface area (Å²) in [4.78, 5) is 4.18. The summed E-state index contributed by atoms with van der Waals surface area (Å²) in [6.45, 7) is 5.24. The molecule has 0 fully saturated rings. The van der Waals surface area contributed by atoms with Crippen LogP contribution in [0.4, 0.5) is 0 Å². The van der Waals surface area contributed by atoms with E-state index in [1.165, 1.54) is 5.56 Å². The van der Waals surface area contributed by atoms with E-state index in [-0.39, 0.29) is 0 Å². The van der Waals surface area contributed by atoms with Crippen molar-refractivity contribution >= 4 is 0 Å². The van der Waals surface area contributed by atoms with Gasteiger partial charge in [0.1, 0.15) is 0 Å². The Labute approximate surface area is 72.6 Å². The third-order valence-corrected chi connectivity index (χ3v) is 2.63. The highest BCUT2D eigenvalue weighted by atomic mass is 16.5. The lowest BCUT2D eigenvalue weighted by Gasteiger charge is -2.27. The first kappa shape index (κ1) is 7.59. The topological polar surface area (TPSA) is 22.1 Å². The van der Waals surface area contributed by atoms with E-state index in [2.05, 4.69) is 24.9 Å². The van der Waals surface area contributed by atoms with E-state index < -0.39 is 0 Å². The molecule has 64 valence electrons. The maximum Gasteiger partial charge on any atom is 0.216 e. The summed E-state index contributed by atoms with van der Waals surface area (Å²) in [5.74, 6) is 1.99. The number of nitrogens with zero attached hydrogens (tertiary/aromatic N) is 1. The molecule has 0 saturated heterocycles. The highest BCUT2D eigenvalue weighted by molar-refractivity contribution is 5.31. The Morgan fingerprint density at radius 2 is 2.33 bits per heavy atom. The quantitative estimate of drug-likeness (QED) is 0.585. The monoisotopic (exact) mass is 163 g/mol. The molecule has 1 aliphatic heterocycles. The maximum atomic E-state index is 5.50. The van der Waals surface area contributed by atoms with Crippen LogP contribution >= 0.6 is 0 Å². The van der Waals surface area contributed by atoms with Crippen LogP contribution < -0.4 is 4.74 Å². The first-order valence-electron chi connectivity index (χ1n) is 4.36. The Morgan fingerprint density at radius 3 is 3.17 bits per heavy atom. The summed E-state index contributed by atoms with van der Waals surface area (Å²) in [6, 6.07) is 4.07. The van der Waals surface area contributed by atoms with E-state index in [0.29, 0.717) is 11.8 Å². The molecule has 2 rings (SSSR count). The Hall–Kier alpha value is -1.05. The fraction of sp³-hybridized carbons (Fsp3) is 0.500. The molecule has 0 aliphatic carbocycles. The zero-order chi connectivity index (χ0) is 8.55. The first-order chi connectivity index (χ1) is 5.79. The third-order valence-electron chi connectivity index (χ3n) is 2.63. The molecule has 0 bridgehead atoms. The highest BCUT2D eigenvalue weighted by Crippen LogP contribution is 2.34. The molecule has 1 aromatic rings. The van der Waals surface area contributed by atoms with Crippen LogP contribution in [0.3, 0.4) is 0 Å². The predicted octanol–water partition coefficient (Wildman–Crippen LogP) is 2.21. The van der Waals surface area contributed by atoms with Crippen molar-refractivity contribution in [3.05, 3.63) is 23.9 Å². The number of hydrogen-bond acceptors (Lipinski definition) is 2. The second kappa shape index (κ2) is 2.77. The molecule has 1 aliphatic rings. The smallest absolute Gasteiger partial charge is 0.216 e. The summed E-state index contributed by atoms with van der Waals surface area (Å²) in [5, 5.41) is 0. The van der Waals surface area contributed by atoms with Crippen molar-refractivity contribution in [2.45, 2.75) is 19.8 Å². The van der Waals surface area contributed by atoms with Gasteiger partial charge < -0.3 is 4.74 Å². The Balaban J connectivity index is 2.42. The number of rotatable bonds is 0. The zero-order valence-corrected chi connectivity index (χ0v) is 7.45. The number of hydrogen-bond donors (Lipinski definition) is 0. The number of ether oxygens (including phenoxy) is 1. The molecule has 0 saturated carbocycles. The second-order valence-corrected chi connectivity index (χ2v) is 3.47. The van der Waals surface area contributed by atoms with Crippen LogP contribution in [-0.4, -0.2) is 11.6 Å². The van der Waals surface area contributed by atoms with Gasteiger partial charge in [-0.05, 0) is 17.9 Å². The first-order valence-corrected chi connectivity index (χ1v) is 4.36. The lowest BCUT2D eigenvalue weighted by atomic mass is 9.88. The van der Waals surface area contributed by atoms with Crippen LogP contribution in [0.5, 0.6) is 5.88 Å². The molecular formula is C10H13NO. The Kier molecular flexibility index (Phi) is 1.75. The van der Waals surface area contributed by atoms with Gasteiger partial charge in [-0.2, -0.15) is 0 Å². The van der Waals surface area contributed by atoms with Gasteiger partial charge in [0.15, 0.2) is 0 Å². The molecule has 0 spiro atoms. The van der Waals surface area contributed by atoms with Crippen molar-refractivity contribution in [2.24, 2.45) is 5.92 Å². The van der Waals surface area contributed by atoms with Gasteiger partial charge >= 0.3 is 0 Å². The number of aromatic nitrogens is 1. The minimum atomic E-state index is 0.572. The molecule has 0 radical (unpaired) electrons. The molecule has 2 heterocycles. The minimum Gasteiger partial charge on any atom is -0.477 e. The standard InChI is InChI=1S/C10H13NO/c1-7-6-12-10-9(8(7)2)4-3-5-11-10/h3-5,7-8H,6H2,1-2H3/t7-,8+/m1/s1. The maximum absolute atomic E-state index is 5.50. The van der Waals surface area contributed by atoms with Crippen molar-refractivity contribution in [3.63, 3.8) is 0 Å². The Bertz CT molecular complexity index is 285. The van der Waals surface area contributed by atoms with Crippen molar-refractivity contribution in [2.75, 3.05) is 6.61 Å². The van der Waals surface area contributed by atoms with Crippen LogP contribution in [0.1, 0.15) is 25.3 Å². The molecule has 1 aromatic heterocycles. The highest BCUT2D eigenvalue weighted by Gasteiger charge is 2.24. The molecule has 2 nitrogen and oxygen atoms in total. The zero-order valence-electron chi connectivity index (χ0n) is 7.45. The SMILES string of the molecule is C[C@@H]1COc2ncccc2[C@H]1C. The fourth-order valence-electron chi connectivity index (χ4n) is 1.53. The number of pyridine rings is 1. The van der Waals surface area contributed by atoms with Gasteiger partial charge in [-0.1, -0.05) is 19.9 Å². The van der Waals surface area contributed by atoms with Crippen molar-refractivity contribution in [1.82, 2.24) is 4.98 Å². The average Bonchev–Trinajstić information content (AvgIpc) is 2.12. The van der Waals surface area contributed by atoms with Gasteiger partial charge in [0, 0.05) is 11.8 Å². The second-order valence-electron chi connectivity index (χ2n) is 3.47. The summed E-state index contributed by atoms with van der Waals surface area (Å²) < 4.78 is 5.50. The van der Waals surface area contributed by atoms with E-state index in [9.17, 15) is 0 Å². The van der Waals surface area contributed by atoms with Crippen molar-refractivity contribution in [1.29, 1.82) is 0 Å². The van der Waals surface area contributed by atoms with Crippen LogP contribution in [0.25, 0.3) is 0 Å². The lowest BCUT2D eigenvalue weighted by Crippen LogP contribution is -2.22. The molecule has 2 atom stereocenters. The summed E-state index contributed by atoms with van der Waals surface area (Å²) in [5.41, 5.74) is 1.25. The molecule has 0 amide bonds. The van der Waals surface area contributed by atoms with E-state index in [0.717, 1.165) is 12.5 Å². The molecular weight excluding hydrogens is 150 g/mol. The minimum absolute atomic E-state index is 0.572. The molecule has 0 aromatic carbocycles. The number of fused-ring (bicyclic) bond motifs is 1. The Morgan fingerprint density at radius 1 is 1.50 bits per heavy atom. The lowest BCUT2D eigenvalue weighted by molar-refractivity contribution is 0.203. The van der Waals surface area contributed by atoms with Crippen molar-refractivity contribution < 1.29 is 4.74 Å². The van der Waals surface area contributed by atoms with Crippen LogP contribution in [0.15, 0.2) is 18.3 Å². The van der Waals surface area contributed by atoms with Gasteiger partial charge in [0.2, 0.25) is 5.88 Å². The van der Waals surface area contributed by atoms with E-state index in [4.69, 9.17) is 4.74 Å². The van der Waals surface area contributed by atoms with Crippen molar-refractivity contribution in [3.8, 4) is 5.88 Å². The molecule has 12 heavy (non-hydrogen) atoms. The fourth-order valence-corrected chi connectivity index (χ4v) is 1.53. The largest absolute Gasteiger partial charge is 0.477 e. The van der Waals surface area contributed by atoms with Gasteiger partial charge in [0.05, 0.1) is 6.61 Å². The van der Waals surface area contributed by atoms with Gasteiger partial charge in [-0.25, -0.2) is 4.98 Å². The third kappa shape index (κ3) is 1.07. The van der Waals surface area contributed by atoms with Gasteiger partial charge in [-0.3, -0.25) is 0 Å².